The Balaban J connectivity index is 0.710. The van der Waals surface area contributed by atoms with Gasteiger partial charge in [-0.25, -0.2) is 4.98 Å². The maximum Gasteiger partial charge on any atom is 0.270 e. The molecule has 5 aliphatic heterocycles. The predicted octanol–water partition coefficient (Wildman–Crippen LogP) is 1.69. The molecule has 4 fully saturated rings. The number of nitrogens with zero attached hydrogens (tertiary/aromatic N) is 7. The Morgan fingerprint density at radius 2 is 1.55 bits per heavy atom. The van der Waals surface area contributed by atoms with Crippen molar-refractivity contribution >= 4 is 51.9 Å². The van der Waals surface area contributed by atoms with Gasteiger partial charge in [0, 0.05) is 88.8 Å². The number of amides is 5. The molecular weight excluding hydrogens is 741 g/mol. The van der Waals surface area contributed by atoms with Crippen LogP contribution < -0.4 is 26.0 Å². The van der Waals surface area contributed by atoms with E-state index < -0.39 is 29.7 Å². The predicted molar refractivity (Wildman–Crippen MR) is 215 cm³/mol. The second kappa shape index (κ2) is 15.4. The van der Waals surface area contributed by atoms with E-state index in [0.29, 0.717) is 18.2 Å². The zero-order chi connectivity index (χ0) is 40.1. The number of hydrogen-bond donors (Lipinski definition) is 3. The number of likely N-dealkylation sites (tertiary alicyclic amines) is 1. The van der Waals surface area contributed by atoms with Crippen LogP contribution in [0.1, 0.15) is 74.9 Å². The Bertz CT molecular complexity index is 2360. The molecule has 1 aromatic carbocycles. The maximum atomic E-state index is 13.3. The fraction of sp³-hybridized carbons (Fsp3) is 0.429. The number of aryl methyl sites for hydroxylation is 1. The van der Waals surface area contributed by atoms with Crippen LogP contribution in [0.4, 0.5) is 11.4 Å². The average molecular weight is 787 g/mol. The van der Waals surface area contributed by atoms with Crippen LogP contribution in [0.5, 0.6) is 0 Å². The number of rotatable bonds is 9. The highest BCUT2D eigenvalue weighted by molar-refractivity contribution is 6.23. The number of nitrogens with one attached hydrogen (secondary N) is 3. The molecule has 300 valence electrons. The van der Waals surface area contributed by atoms with Crippen molar-refractivity contribution in [3.63, 3.8) is 0 Å². The van der Waals surface area contributed by atoms with E-state index in [1.165, 1.54) is 0 Å². The number of piperidine rings is 2. The fourth-order valence-corrected chi connectivity index (χ4v) is 8.95. The molecule has 4 saturated heterocycles. The van der Waals surface area contributed by atoms with Crippen molar-refractivity contribution in [2.75, 3.05) is 62.2 Å². The molecule has 4 aromatic rings. The van der Waals surface area contributed by atoms with Crippen LogP contribution in [0.25, 0.3) is 11.0 Å². The normalized spacial score (nSPS) is 21.1. The van der Waals surface area contributed by atoms with Gasteiger partial charge in [-0.15, -0.1) is 0 Å². The van der Waals surface area contributed by atoms with Crippen molar-refractivity contribution in [1.82, 2.24) is 40.3 Å². The zero-order valence-electron chi connectivity index (χ0n) is 32.4. The molecule has 0 spiro atoms. The first-order valence-electron chi connectivity index (χ1n) is 20.2. The quantitative estimate of drug-likeness (QED) is 0.209. The number of hydrogen-bond acceptors (Lipinski definition) is 12. The van der Waals surface area contributed by atoms with Gasteiger partial charge in [-0.2, -0.15) is 0 Å². The number of fused-ring (bicyclic) bond motifs is 2. The number of imide groups is 2. The van der Waals surface area contributed by atoms with E-state index in [1.54, 1.807) is 24.4 Å². The first-order chi connectivity index (χ1) is 28.1. The van der Waals surface area contributed by atoms with E-state index in [2.05, 4.69) is 45.2 Å². The van der Waals surface area contributed by atoms with Gasteiger partial charge in [-0.3, -0.25) is 53.8 Å². The van der Waals surface area contributed by atoms with Crippen LogP contribution in [0.2, 0.25) is 0 Å². The van der Waals surface area contributed by atoms with E-state index >= 15 is 0 Å². The van der Waals surface area contributed by atoms with Gasteiger partial charge in [0.2, 0.25) is 11.8 Å². The summed E-state index contributed by atoms with van der Waals surface area (Å²) in [4.78, 5) is 98.2. The smallest absolute Gasteiger partial charge is 0.270 e. The lowest BCUT2D eigenvalue weighted by Crippen LogP contribution is -2.63. The van der Waals surface area contributed by atoms with Crippen LogP contribution in [0, 0.1) is 0 Å². The molecular formula is C42H46N10O6. The summed E-state index contributed by atoms with van der Waals surface area (Å²) in [5.74, 6) is -2.19. The molecule has 1 unspecified atom stereocenters. The second-order valence-corrected chi connectivity index (χ2v) is 15.9. The summed E-state index contributed by atoms with van der Waals surface area (Å²) >= 11 is 0. The second-order valence-electron chi connectivity index (χ2n) is 15.9. The van der Waals surface area contributed by atoms with Crippen LogP contribution in [-0.4, -0.2) is 130 Å². The van der Waals surface area contributed by atoms with Gasteiger partial charge in [-0.05, 0) is 73.7 Å². The summed E-state index contributed by atoms with van der Waals surface area (Å²) in [5, 5.41) is 5.38. The minimum atomic E-state index is -0.984. The monoisotopic (exact) mass is 786 g/mol. The largest absolute Gasteiger partial charge is 0.371 e. The molecule has 58 heavy (non-hydrogen) atoms. The third kappa shape index (κ3) is 7.21. The third-order valence-electron chi connectivity index (χ3n) is 12.3. The van der Waals surface area contributed by atoms with E-state index in [9.17, 15) is 28.8 Å². The molecule has 3 N–H and O–H groups in total. The minimum Gasteiger partial charge on any atom is -0.371 e. The molecule has 3 aromatic heterocycles. The summed E-state index contributed by atoms with van der Waals surface area (Å²) < 4.78 is 0. The number of benzene rings is 1. The van der Waals surface area contributed by atoms with Gasteiger partial charge in [0.05, 0.1) is 40.1 Å². The number of aromatic nitrogens is 3. The molecule has 5 aliphatic rings. The number of carbonyl (C=O) groups is 5. The van der Waals surface area contributed by atoms with Crippen molar-refractivity contribution in [3.05, 3.63) is 93.2 Å². The van der Waals surface area contributed by atoms with E-state index in [4.69, 9.17) is 0 Å². The highest BCUT2D eigenvalue weighted by Crippen LogP contribution is 2.32. The summed E-state index contributed by atoms with van der Waals surface area (Å²) in [6, 6.07) is 12.4. The number of piperazine rings is 1. The maximum absolute atomic E-state index is 13.3. The Morgan fingerprint density at radius 1 is 0.810 bits per heavy atom. The molecule has 0 bridgehead atoms. The van der Waals surface area contributed by atoms with E-state index in [0.717, 1.165) is 110 Å². The van der Waals surface area contributed by atoms with Crippen molar-refractivity contribution in [2.24, 2.45) is 0 Å². The first kappa shape index (κ1) is 37.6. The van der Waals surface area contributed by atoms with Gasteiger partial charge in [-0.1, -0.05) is 6.92 Å². The molecule has 16 nitrogen and oxygen atoms in total. The number of pyridine rings is 3. The van der Waals surface area contributed by atoms with Crippen molar-refractivity contribution in [2.45, 2.75) is 63.7 Å². The third-order valence-corrected chi connectivity index (χ3v) is 12.3. The summed E-state index contributed by atoms with van der Waals surface area (Å²) in [7, 11) is 0. The van der Waals surface area contributed by atoms with Crippen molar-refractivity contribution < 1.29 is 24.0 Å². The fourth-order valence-electron chi connectivity index (χ4n) is 8.95. The molecule has 8 heterocycles. The van der Waals surface area contributed by atoms with Crippen LogP contribution in [0.15, 0.2) is 59.7 Å². The Hall–Kier alpha value is -6.00. The molecule has 0 radical (unpaired) electrons. The SMILES string of the molecule is CCc1cc2ncc(CN3CCN(c4ccc(C(=O)NC5CN(C6CCN(c7ccc8c(c7)C(=O)N(C7CCC(=O)NC7=O)C8=O)CC6)C5)nc4)CC3)cc2[nH]c1=O. The number of anilines is 2. The Morgan fingerprint density at radius 3 is 2.28 bits per heavy atom. The van der Waals surface area contributed by atoms with Crippen molar-refractivity contribution in [1.29, 1.82) is 0 Å². The topological polar surface area (TPSA) is 184 Å². The molecule has 9 rings (SSSR count). The molecule has 5 amide bonds. The first-order valence-corrected chi connectivity index (χ1v) is 20.2. The molecule has 16 heteroatoms. The van der Waals surface area contributed by atoms with Gasteiger partial charge < -0.3 is 20.1 Å². The van der Waals surface area contributed by atoms with Gasteiger partial charge in [0.1, 0.15) is 11.7 Å². The number of carbonyl (C=O) groups excluding carboxylic acids is 5. The van der Waals surface area contributed by atoms with Crippen LogP contribution in [-0.2, 0) is 22.6 Å². The standard InChI is InChI=1S/C42H46N10O6/c1-2-26-18-34-35(46-38(26)54)17-25(20-43-34)22-48-13-15-50(16-14-48)30-4-6-33(44-21-30)39(55)45-27-23-51(24-27)28-9-11-49(12-10-28)29-3-5-31-32(19-29)42(58)52(41(31)57)36-7-8-37(53)47-40(36)56/h3-6,17-21,27-28,36H,2,7-16,22-24H2,1H3,(H,45,55)(H,46,54)(H,47,53,56). The number of H-pyrrole nitrogens is 1. The Kier molecular flexibility index (Phi) is 9.97. The van der Waals surface area contributed by atoms with Crippen LogP contribution in [0.3, 0.4) is 0 Å². The summed E-state index contributed by atoms with van der Waals surface area (Å²) in [6.45, 7) is 9.24. The zero-order valence-corrected chi connectivity index (χ0v) is 32.4. The lowest BCUT2D eigenvalue weighted by atomic mass is 9.96. The molecule has 0 aliphatic carbocycles. The molecule has 0 saturated carbocycles. The van der Waals surface area contributed by atoms with E-state index in [-0.39, 0.29) is 41.5 Å². The van der Waals surface area contributed by atoms with E-state index in [1.807, 2.05) is 37.4 Å². The van der Waals surface area contributed by atoms with Gasteiger partial charge >= 0.3 is 0 Å². The minimum absolute atomic E-state index is 0.0551. The highest BCUT2D eigenvalue weighted by atomic mass is 16.2. The Labute approximate surface area is 334 Å². The highest BCUT2D eigenvalue weighted by Gasteiger charge is 2.45. The summed E-state index contributed by atoms with van der Waals surface area (Å²) in [6.07, 6.45) is 6.40. The van der Waals surface area contributed by atoms with Gasteiger partial charge in [0.15, 0.2) is 0 Å². The van der Waals surface area contributed by atoms with Gasteiger partial charge in [0.25, 0.3) is 23.3 Å². The van der Waals surface area contributed by atoms with Crippen LogP contribution >= 0.6 is 0 Å². The average Bonchev–Trinajstić information content (AvgIpc) is 3.47. The lowest BCUT2D eigenvalue weighted by molar-refractivity contribution is -0.136. The number of aromatic amines is 1. The van der Waals surface area contributed by atoms with Crippen molar-refractivity contribution in [3.8, 4) is 0 Å². The lowest BCUT2D eigenvalue weighted by Gasteiger charge is -2.47. The molecule has 1 atom stereocenters. The summed E-state index contributed by atoms with van der Waals surface area (Å²) in [5.41, 5.74) is 6.13.